The molecule has 2 amide bonds. The van der Waals surface area contributed by atoms with Gasteiger partial charge in [0.25, 0.3) is 5.91 Å². The minimum absolute atomic E-state index is 0.00780. The number of fused-ring (bicyclic) bond motifs is 1. The van der Waals surface area contributed by atoms with E-state index in [1.807, 2.05) is 24.4 Å². The zero-order valence-corrected chi connectivity index (χ0v) is 28.3. The Kier molecular flexibility index (Phi) is 9.14. The fourth-order valence-electron chi connectivity index (χ4n) is 7.21. The van der Waals surface area contributed by atoms with Crippen molar-refractivity contribution >= 4 is 39.7 Å². The summed E-state index contributed by atoms with van der Waals surface area (Å²) in [6, 6.07) is 18.6. The van der Waals surface area contributed by atoms with Crippen molar-refractivity contribution in [3.05, 3.63) is 108 Å². The van der Waals surface area contributed by atoms with E-state index in [1.54, 1.807) is 48.1 Å². The number of nitrogen functional groups attached to an aromatic ring is 1. The fraction of sp³-hybridized carbons (Fsp3) is 0.308. The fourth-order valence-corrected chi connectivity index (χ4v) is 7.21. The van der Waals surface area contributed by atoms with Crippen LogP contribution in [-0.2, 0) is 11.3 Å². The maximum atomic E-state index is 16.4. The molecule has 5 aromatic rings. The third kappa shape index (κ3) is 6.59. The quantitative estimate of drug-likeness (QED) is 0.178. The summed E-state index contributed by atoms with van der Waals surface area (Å²) in [6.07, 6.45) is 8.20. The van der Waals surface area contributed by atoms with Gasteiger partial charge in [-0.2, -0.15) is 5.10 Å². The van der Waals surface area contributed by atoms with Crippen LogP contribution >= 0.6 is 0 Å². The Balaban J connectivity index is 1.16. The number of rotatable bonds is 8. The molecule has 0 aliphatic carbocycles. The van der Waals surface area contributed by atoms with E-state index in [0.717, 1.165) is 42.6 Å². The molecular weight excluding hydrogens is 636 g/mol. The smallest absolute Gasteiger partial charge is 0.269 e. The molecule has 2 aromatic heterocycles. The molecule has 0 radical (unpaired) electrons. The van der Waals surface area contributed by atoms with Crippen LogP contribution in [-0.4, -0.2) is 76.7 Å². The summed E-state index contributed by atoms with van der Waals surface area (Å²) >= 11 is 0. The zero-order valence-electron chi connectivity index (χ0n) is 28.3. The SMILES string of the molecule is CN(C)C(=O)c1cc2c(-c3ccc(C4CCN(c5ccc(N)cc5F)CC4)cc3)cc(C3=CCCN(C(=O)CCn4cccn4)C3)c(F)c2[nH]1. The molecule has 1 fully saturated rings. The molecule has 2 aliphatic heterocycles. The second kappa shape index (κ2) is 13.8. The summed E-state index contributed by atoms with van der Waals surface area (Å²) in [5, 5.41) is 4.81. The number of hydrogen-bond donors (Lipinski definition) is 2. The van der Waals surface area contributed by atoms with E-state index in [-0.39, 0.29) is 23.1 Å². The van der Waals surface area contributed by atoms with Crippen molar-refractivity contribution in [3.63, 3.8) is 0 Å². The Hall–Kier alpha value is -5.45. The van der Waals surface area contributed by atoms with Crippen LogP contribution in [0.1, 0.15) is 53.2 Å². The van der Waals surface area contributed by atoms with E-state index in [9.17, 15) is 14.0 Å². The van der Waals surface area contributed by atoms with E-state index >= 15 is 4.39 Å². The molecular formula is C39H41F2N7O2. The Morgan fingerprint density at radius 3 is 2.48 bits per heavy atom. The first kappa shape index (κ1) is 33.1. The highest BCUT2D eigenvalue weighted by molar-refractivity contribution is 6.04. The van der Waals surface area contributed by atoms with Gasteiger partial charge in [-0.15, -0.1) is 0 Å². The highest BCUT2D eigenvalue weighted by atomic mass is 19.1. The molecule has 258 valence electrons. The number of aryl methyl sites for hydroxylation is 1. The minimum atomic E-state index is -0.445. The second-order valence-electron chi connectivity index (χ2n) is 13.4. The van der Waals surface area contributed by atoms with Crippen molar-refractivity contribution < 1.29 is 18.4 Å². The molecule has 50 heavy (non-hydrogen) atoms. The van der Waals surface area contributed by atoms with Gasteiger partial charge in [0.2, 0.25) is 5.91 Å². The van der Waals surface area contributed by atoms with Gasteiger partial charge in [0.05, 0.1) is 11.2 Å². The molecule has 4 heterocycles. The number of carbonyl (C=O) groups excluding carboxylic acids is 2. The standard InChI is InChI=1S/C39H41F2N7O2/c1-45(2)39(50)34-23-32-30(27-8-6-25(7-9-27)26-12-18-46(19-13-26)35-11-10-29(42)21-33(35)40)22-31(37(41)38(32)44-34)28-5-3-16-47(24-28)36(49)14-20-48-17-4-15-43-48/h4-11,15,17,21-23,26,44H,3,12-14,16,18-20,24,42H2,1-2H3. The summed E-state index contributed by atoms with van der Waals surface area (Å²) < 4.78 is 32.7. The van der Waals surface area contributed by atoms with Crippen LogP contribution in [0.15, 0.2) is 79.1 Å². The topological polar surface area (TPSA) is 103 Å². The molecule has 11 heteroatoms. The lowest BCUT2D eigenvalue weighted by Gasteiger charge is -2.34. The Morgan fingerprint density at radius 1 is 1.00 bits per heavy atom. The van der Waals surface area contributed by atoms with Crippen LogP contribution in [0.25, 0.3) is 27.6 Å². The van der Waals surface area contributed by atoms with Crippen molar-refractivity contribution in [2.45, 2.75) is 38.1 Å². The highest BCUT2D eigenvalue weighted by Crippen LogP contribution is 2.38. The van der Waals surface area contributed by atoms with Crippen molar-refractivity contribution in [2.75, 3.05) is 50.9 Å². The third-order valence-corrected chi connectivity index (χ3v) is 9.95. The van der Waals surface area contributed by atoms with Crippen molar-refractivity contribution in [2.24, 2.45) is 0 Å². The number of piperidine rings is 1. The predicted octanol–water partition coefficient (Wildman–Crippen LogP) is 6.68. The molecule has 3 N–H and O–H groups in total. The van der Waals surface area contributed by atoms with Crippen molar-refractivity contribution in [3.8, 4) is 11.1 Å². The summed E-state index contributed by atoms with van der Waals surface area (Å²) in [7, 11) is 3.33. The number of carbonyl (C=O) groups is 2. The van der Waals surface area contributed by atoms with Crippen LogP contribution in [0.2, 0.25) is 0 Å². The van der Waals surface area contributed by atoms with Gasteiger partial charge >= 0.3 is 0 Å². The summed E-state index contributed by atoms with van der Waals surface area (Å²) in [4.78, 5) is 34.5. The number of nitrogens with two attached hydrogens (primary N) is 1. The number of benzene rings is 3. The number of nitrogens with one attached hydrogen (secondary N) is 1. The number of anilines is 2. The number of amides is 2. The van der Waals surface area contributed by atoms with Gasteiger partial charge in [0.15, 0.2) is 5.82 Å². The molecule has 1 saturated heterocycles. The molecule has 0 saturated carbocycles. The van der Waals surface area contributed by atoms with Gasteiger partial charge in [-0.3, -0.25) is 14.3 Å². The Bertz CT molecular complexity index is 2060. The van der Waals surface area contributed by atoms with E-state index in [0.29, 0.717) is 66.4 Å². The Morgan fingerprint density at radius 2 is 1.78 bits per heavy atom. The van der Waals surface area contributed by atoms with Gasteiger partial charge in [-0.1, -0.05) is 30.3 Å². The number of halogens is 2. The minimum Gasteiger partial charge on any atom is -0.399 e. The van der Waals surface area contributed by atoms with Crippen LogP contribution in [0.4, 0.5) is 20.2 Å². The van der Waals surface area contributed by atoms with Crippen LogP contribution in [0, 0.1) is 11.6 Å². The largest absolute Gasteiger partial charge is 0.399 e. The number of aromatic amines is 1. The molecule has 0 bridgehead atoms. The predicted molar refractivity (Wildman–Crippen MR) is 193 cm³/mol. The first-order valence-electron chi connectivity index (χ1n) is 17.1. The lowest BCUT2D eigenvalue weighted by atomic mass is 9.87. The van der Waals surface area contributed by atoms with Crippen molar-refractivity contribution in [1.29, 1.82) is 0 Å². The monoisotopic (exact) mass is 677 g/mol. The average Bonchev–Trinajstić information content (AvgIpc) is 3.82. The highest BCUT2D eigenvalue weighted by Gasteiger charge is 2.26. The number of H-pyrrole nitrogens is 1. The summed E-state index contributed by atoms with van der Waals surface area (Å²) in [5.41, 5.74) is 11.3. The first-order chi connectivity index (χ1) is 24.2. The van der Waals surface area contributed by atoms with Gasteiger partial charge in [0, 0.05) is 82.3 Å². The van der Waals surface area contributed by atoms with E-state index in [1.165, 1.54) is 16.5 Å². The van der Waals surface area contributed by atoms with E-state index in [2.05, 4.69) is 39.2 Å². The molecule has 0 atom stereocenters. The van der Waals surface area contributed by atoms with Crippen molar-refractivity contribution in [1.82, 2.24) is 24.6 Å². The normalized spacial score (nSPS) is 15.4. The molecule has 9 nitrogen and oxygen atoms in total. The van der Waals surface area contributed by atoms with Gasteiger partial charge in [-0.25, -0.2) is 8.78 Å². The maximum absolute atomic E-state index is 16.4. The molecule has 3 aromatic carbocycles. The number of hydrogen-bond acceptors (Lipinski definition) is 5. The van der Waals surface area contributed by atoms with Gasteiger partial charge < -0.3 is 25.4 Å². The molecule has 0 spiro atoms. The molecule has 7 rings (SSSR count). The summed E-state index contributed by atoms with van der Waals surface area (Å²) in [5.74, 6) is -0.681. The molecule has 0 unspecified atom stereocenters. The average molecular weight is 678 g/mol. The zero-order chi connectivity index (χ0) is 34.9. The lowest BCUT2D eigenvalue weighted by Crippen LogP contribution is -2.36. The Labute approximate surface area is 290 Å². The third-order valence-electron chi connectivity index (χ3n) is 9.95. The van der Waals surface area contributed by atoms with E-state index in [4.69, 9.17) is 5.73 Å². The van der Waals surface area contributed by atoms with Gasteiger partial charge in [-0.05, 0) is 83.8 Å². The van der Waals surface area contributed by atoms with Gasteiger partial charge in [0.1, 0.15) is 11.5 Å². The number of aromatic nitrogens is 3. The summed E-state index contributed by atoms with van der Waals surface area (Å²) in [6.45, 7) is 2.81. The second-order valence-corrected chi connectivity index (χ2v) is 13.4. The maximum Gasteiger partial charge on any atom is 0.269 e. The number of nitrogens with zero attached hydrogens (tertiary/aromatic N) is 5. The van der Waals surface area contributed by atoms with E-state index < -0.39 is 5.82 Å². The lowest BCUT2D eigenvalue weighted by molar-refractivity contribution is -0.131. The molecule has 2 aliphatic rings. The van der Waals surface area contributed by atoms with Crippen LogP contribution in [0.3, 0.4) is 0 Å². The van der Waals surface area contributed by atoms with Crippen LogP contribution in [0.5, 0.6) is 0 Å². The first-order valence-corrected chi connectivity index (χ1v) is 17.1. The van der Waals surface area contributed by atoms with Crippen LogP contribution < -0.4 is 10.6 Å².